The predicted octanol–water partition coefficient (Wildman–Crippen LogP) is 16.6. The van der Waals surface area contributed by atoms with Crippen molar-refractivity contribution in [1.82, 2.24) is 0 Å². The summed E-state index contributed by atoms with van der Waals surface area (Å²) < 4.78 is 16.7. The molecule has 0 spiro atoms. The molecule has 61 heavy (non-hydrogen) atoms. The molecule has 0 aliphatic carbocycles. The van der Waals surface area contributed by atoms with E-state index in [2.05, 4.69) is 87.6 Å². The Balaban J connectivity index is 4.46. The fourth-order valence-corrected chi connectivity index (χ4v) is 6.86. The van der Waals surface area contributed by atoms with Crippen LogP contribution in [0, 0.1) is 0 Å². The van der Waals surface area contributed by atoms with Crippen molar-refractivity contribution in [3.8, 4) is 0 Å². The van der Waals surface area contributed by atoms with Crippen molar-refractivity contribution in [2.75, 3.05) is 13.2 Å². The van der Waals surface area contributed by atoms with E-state index in [1.165, 1.54) is 109 Å². The molecule has 0 aliphatic heterocycles. The molecule has 1 atom stereocenters. The molecule has 0 radical (unpaired) electrons. The van der Waals surface area contributed by atoms with Crippen LogP contribution in [0.2, 0.25) is 0 Å². The van der Waals surface area contributed by atoms with Crippen molar-refractivity contribution in [3.63, 3.8) is 0 Å². The normalized spacial score (nSPS) is 12.6. The number of rotatable bonds is 45. The third kappa shape index (κ3) is 47.7. The van der Waals surface area contributed by atoms with Crippen LogP contribution in [0.25, 0.3) is 0 Å². The lowest BCUT2D eigenvalue weighted by Gasteiger charge is -2.18. The van der Waals surface area contributed by atoms with Crippen LogP contribution in [0.15, 0.2) is 72.9 Å². The number of carbonyl (C=O) groups is 3. The highest BCUT2D eigenvalue weighted by molar-refractivity contribution is 5.71. The summed E-state index contributed by atoms with van der Waals surface area (Å²) in [5.74, 6) is -1.03. The lowest BCUT2D eigenvalue weighted by atomic mass is 10.1. The first-order valence-corrected chi connectivity index (χ1v) is 25.4. The Labute approximate surface area is 376 Å². The van der Waals surface area contributed by atoms with E-state index >= 15 is 0 Å². The quantitative estimate of drug-likeness (QED) is 0.0263. The highest BCUT2D eigenvalue weighted by Crippen LogP contribution is 2.13. The van der Waals surface area contributed by atoms with E-state index < -0.39 is 12.1 Å². The average molecular weight is 851 g/mol. The van der Waals surface area contributed by atoms with Gasteiger partial charge in [0.25, 0.3) is 0 Å². The van der Waals surface area contributed by atoms with Crippen LogP contribution in [0.1, 0.15) is 239 Å². The lowest BCUT2D eigenvalue weighted by Crippen LogP contribution is -2.30. The molecule has 0 amide bonds. The summed E-state index contributed by atoms with van der Waals surface area (Å²) in [6.07, 6.45) is 61.9. The fraction of sp³-hybridized carbons (Fsp3) is 0.727. The van der Waals surface area contributed by atoms with Gasteiger partial charge in [0.1, 0.15) is 13.2 Å². The molecule has 0 bridgehead atoms. The third-order valence-electron chi connectivity index (χ3n) is 10.7. The van der Waals surface area contributed by atoms with Gasteiger partial charge in [-0.25, -0.2) is 0 Å². The number of hydrogen-bond donors (Lipinski definition) is 0. The predicted molar refractivity (Wildman–Crippen MR) is 261 cm³/mol. The molecule has 0 N–H and O–H groups in total. The number of unbranched alkanes of at least 4 members (excludes halogenated alkanes) is 22. The summed E-state index contributed by atoms with van der Waals surface area (Å²) >= 11 is 0. The summed E-state index contributed by atoms with van der Waals surface area (Å²) in [5, 5.41) is 0. The second-order valence-electron chi connectivity index (χ2n) is 16.7. The van der Waals surface area contributed by atoms with Crippen molar-refractivity contribution in [3.05, 3.63) is 72.9 Å². The summed E-state index contributed by atoms with van der Waals surface area (Å²) in [5.41, 5.74) is 0. The lowest BCUT2D eigenvalue weighted by molar-refractivity contribution is -0.166. The maximum absolute atomic E-state index is 12.7. The summed E-state index contributed by atoms with van der Waals surface area (Å²) in [4.78, 5) is 37.8. The van der Waals surface area contributed by atoms with Gasteiger partial charge in [-0.3, -0.25) is 14.4 Å². The van der Waals surface area contributed by atoms with Gasteiger partial charge in [0.05, 0.1) is 0 Å². The number of carbonyl (C=O) groups excluding carboxylic acids is 3. The number of ether oxygens (including phenoxy) is 3. The maximum Gasteiger partial charge on any atom is 0.306 e. The highest BCUT2D eigenvalue weighted by Gasteiger charge is 2.19. The van der Waals surface area contributed by atoms with E-state index in [0.29, 0.717) is 19.3 Å². The second kappa shape index (κ2) is 49.5. The van der Waals surface area contributed by atoms with Gasteiger partial charge in [-0.15, -0.1) is 0 Å². The van der Waals surface area contributed by atoms with Crippen LogP contribution in [0.5, 0.6) is 0 Å². The van der Waals surface area contributed by atoms with Crippen molar-refractivity contribution in [2.45, 2.75) is 245 Å². The first-order chi connectivity index (χ1) is 30.0. The van der Waals surface area contributed by atoms with Crippen molar-refractivity contribution >= 4 is 17.9 Å². The van der Waals surface area contributed by atoms with Crippen LogP contribution < -0.4 is 0 Å². The Kier molecular flexibility index (Phi) is 46.9. The molecule has 0 aromatic carbocycles. The van der Waals surface area contributed by atoms with Crippen LogP contribution in [-0.2, 0) is 28.6 Å². The van der Waals surface area contributed by atoms with E-state index in [9.17, 15) is 14.4 Å². The maximum atomic E-state index is 12.7. The van der Waals surface area contributed by atoms with Crippen LogP contribution in [0.4, 0.5) is 0 Å². The molecule has 0 saturated heterocycles. The van der Waals surface area contributed by atoms with Crippen molar-refractivity contribution in [1.29, 1.82) is 0 Å². The van der Waals surface area contributed by atoms with Crippen LogP contribution in [0.3, 0.4) is 0 Å². The zero-order valence-corrected chi connectivity index (χ0v) is 39.9. The Bertz CT molecular complexity index is 1160. The Morgan fingerprint density at radius 1 is 0.344 bits per heavy atom. The van der Waals surface area contributed by atoms with Gasteiger partial charge >= 0.3 is 17.9 Å². The van der Waals surface area contributed by atoms with Gasteiger partial charge in [0, 0.05) is 19.3 Å². The topological polar surface area (TPSA) is 78.9 Å². The molecule has 1 unspecified atom stereocenters. The Hall–Kier alpha value is -3.15. The molecular weight excluding hydrogens is 757 g/mol. The molecule has 6 heteroatoms. The van der Waals surface area contributed by atoms with Gasteiger partial charge in [-0.1, -0.05) is 196 Å². The number of allylic oxidation sites excluding steroid dienone is 12. The van der Waals surface area contributed by atoms with Gasteiger partial charge in [-0.2, -0.15) is 0 Å². The van der Waals surface area contributed by atoms with Crippen LogP contribution >= 0.6 is 0 Å². The zero-order chi connectivity index (χ0) is 44.4. The second-order valence-corrected chi connectivity index (χ2v) is 16.7. The minimum atomic E-state index is -0.823. The summed E-state index contributed by atoms with van der Waals surface area (Å²) in [6.45, 7) is 6.42. The monoisotopic (exact) mass is 851 g/mol. The molecule has 0 aromatic heterocycles. The molecule has 0 heterocycles. The SMILES string of the molecule is CC/C=C\C/C=C\C/C=C\CCCCC(=O)OCC(COC(=O)CCCCCCC/C=C\CCCCCCCCCCC)OC(=O)CC/C=C\C/C=C\CCCCCCCC. The van der Waals surface area contributed by atoms with E-state index in [-0.39, 0.29) is 31.6 Å². The zero-order valence-electron chi connectivity index (χ0n) is 39.9. The summed E-state index contributed by atoms with van der Waals surface area (Å²) in [7, 11) is 0. The van der Waals surface area contributed by atoms with Crippen molar-refractivity contribution in [2.24, 2.45) is 0 Å². The Morgan fingerprint density at radius 2 is 0.672 bits per heavy atom. The van der Waals surface area contributed by atoms with Crippen LogP contribution in [-0.4, -0.2) is 37.2 Å². The molecule has 6 nitrogen and oxygen atoms in total. The van der Waals surface area contributed by atoms with Gasteiger partial charge in [0.15, 0.2) is 6.10 Å². The third-order valence-corrected chi connectivity index (χ3v) is 10.7. The van der Waals surface area contributed by atoms with Gasteiger partial charge < -0.3 is 14.2 Å². The average Bonchev–Trinajstić information content (AvgIpc) is 3.26. The minimum absolute atomic E-state index is 0.114. The van der Waals surface area contributed by atoms with Gasteiger partial charge in [-0.05, 0) is 96.3 Å². The molecular formula is C55H94O6. The molecule has 0 aliphatic rings. The summed E-state index contributed by atoms with van der Waals surface area (Å²) in [6, 6.07) is 0. The highest BCUT2D eigenvalue weighted by atomic mass is 16.6. The largest absolute Gasteiger partial charge is 0.462 e. The van der Waals surface area contributed by atoms with Crippen molar-refractivity contribution < 1.29 is 28.6 Å². The first kappa shape index (κ1) is 57.9. The molecule has 0 saturated carbocycles. The number of hydrogen-bond acceptors (Lipinski definition) is 6. The molecule has 0 fully saturated rings. The minimum Gasteiger partial charge on any atom is -0.462 e. The molecule has 350 valence electrons. The van der Waals surface area contributed by atoms with E-state index in [0.717, 1.165) is 83.5 Å². The standard InChI is InChI=1S/C55H94O6/c1-4-7-10-13-16-19-22-25-26-27-28-29-31-33-36-39-42-45-48-54(57)60-51-52(50-59-53(56)47-44-41-38-35-32-24-21-18-15-12-9-6-3)61-55(58)49-46-43-40-37-34-30-23-20-17-14-11-8-5-2/h9,12,18,21,28-30,32,34-35,40,43,52H,4-8,10-11,13-17,19-20,22-27,31,33,36-39,41-42,44-51H2,1-3H3/b12-9-,21-18-,29-28-,34-30-,35-32-,43-40-. The van der Waals surface area contributed by atoms with Gasteiger partial charge in [0.2, 0.25) is 0 Å². The van der Waals surface area contributed by atoms with E-state index in [4.69, 9.17) is 14.2 Å². The fourth-order valence-electron chi connectivity index (χ4n) is 6.86. The Morgan fingerprint density at radius 3 is 1.11 bits per heavy atom. The molecule has 0 aromatic rings. The van der Waals surface area contributed by atoms with E-state index in [1.807, 2.05) is 6.08 Å². The van der Waals surface area contributed by atoms with E-state index in [1.54, 1.807) is 0 Å². The smallest absolute Gasteiger partial charge is 0.306 e. The number of esters is 3. The molecule has 0 rings (SSSR count). The first-order valence-electron chi connectivity index (χ1n) is 25.4.